The lowest BCUT2D eigenvalue weighted by Gasteiger charge is -2.16. The number of benzene rings is 3. The standard InChI is InChI=1S/C21H14ClFN2O/c22-15-7-5-14(6-8-15)13-25-19-4-2-1-3-18(19)20(21(25)26)24-17-11-9-16(23)10-12-17/h1-12H,13H2. The summed E-state index contributed by atoms with van der Waals surface area (Å²) in [6.07, 6.45) is 0. The zero-order chi connectivity index (χ0) is 18.1. The van der Waals surface area contributed by atoms with E-state index in [1.807, 2.05) is 36.4 Å². The van der Waals surface area contributed by atoms with Crippen molar-refractivity contribution in [3.05, 3.63) is 94.8 Å². The fourth-order valence-corrected chi connectivity index (χ4v) is 3.07. The SMILES string of the molecule is O=C1C(=Nc2ccc(F)cc2)c2ccccc2N1Cc1ccc(Cl)cc1. The van der Waals surface area contributed by atoms with Crippen molar-refractivity contribution in [1.29, 1.82) is 0 Å². The Bertz CT molecular complexity index is 997. The minimum Gasteiger partial charge on any atom is -0.302 e. The Morgan fingerprint density at radius 2 is 1.62 bits per heavy atom. The molecule has 3 nitrogen and oxygen atoms in total. The van der Waals surface area contributed by atoms with Crippen molar-refractivity contribution in [3.8, 4) is 0 Å². The van der Waals surface area contributed by atoms with E-state index in [1.54, 1.807) is 29.2 Å². The average molecular weight is 365 g/mol. The van der Waals surface area contributed by atoms with Crippen LogP contribution in [0.15, 0.2) is 77.8 Å². The van der Waals surface area contributed by atoms with Crippen molar-refractivity contribution in [1.82, 2.24) is 0 Å². The third-order valence-corrected chi connectivity index (χ3v) is 4.47. The van der Waals surface area contributed by atoms with Crippen molar-refractivity contribution in [2.75, 3.05) is 4.90 Å². The van der Waals surface area contributed by atoms with E-state index < -0.39 is 0 Å². The Morgan fingerprint density at radius 1 is 0.923 bits per heavy atom. The van der Waals surface area contributed by atoms with Crippen LogP contribution in [-0.2, 0) is 11.3 Å². The summed E-state index contributed by atoms with van der Waals surface area (Å²) in [5, 5.41) is 0.653. The highest BCUT2D eigenvalue weighted by Crippen LogP contribution is 2.32. The largest absolute Gasteiger partial charge is 0.302 e. The van der Waals surface area contributed by atoms with Gasteiger partial charge in [0.2, 0.25) is 0 Å². The molecule has 0 unspecified atom stereocenters. The maximum atomic E-state index is 13.1. The average Bonchev–Trinajstić information content (AvgIpc) is 2.91. The van der Waals surface area contributed by atoms with Crippen molar-refractivity contribution in [2.45, 2.75) is 6.54 Å². The molecule has 0 radical (unpaired) electrons. The number of aliphatic imine (C=N–C) groups is 1. The molecule has 1 heterocycles. The van der Waals surface area contributed by atoms with Crippen LogP contribution in [0.1, 0.15) is 11.1 Å². The molecule has 0 aliphatic carbocycles. The van der Waals surface area contributed by atoms with Gasteiger partial charge in [-0.1, -0.05) is 41.9 Å². The molecule has 128 valence electrons. The van der Waals surface area contributed by atoms with Crippen LogP contribution < -0.4 is 4.90 Å². The third kappa shape index (κ3) is 3.11. The number of hydrogen-bond acceptors (Lipinski definition) is 2. The number of rotatable bonds is 3. The lowest BCUT2D eigenvalue weighted by molar-refractivity contribution is -0.112. The molecular formula is C21H14ClFN2O. The maximum absolute atomic E-state index is 13.1. The molecule has 0 spiro atoms. The Hall–Kier alpha value is -2.98. The van der Waals surface area contributed by atoms with Gasteiger partial charge in [0.15, 0.2) is 0 Å². The van der Waals surface area contributed by atoms with Gasteiger partial charge in [-0.3, -0.25) is 4.79 Å². The first-order valence-electron chi connectivity index (χ1n) is 8.12. The second-order valence-electron chi connectivity index (χ2n) is 5.97. The first kappa shape index (κ1) is 16.5. The molecule has 0 aromatic heterocycles. The lowest BCUT2D eigenvalue weighted by Crippen LogP contribution is -2.29. The van der Waals surface area contributed by atoms with Crippen molar-refractivity contribution in [2.24, 2.45) is 4.99 Å². The van der Waals surface area contributed by atoms with E-state index in [4.69, 9.17) is 11.6 Å². The summed E-state index contributed by atoms with van der Waals surface area (Å²) in [5.41, 5.74) is 3.46. The van der Waals surface area contributed by atoms with Gasteiger partial charge in [-0.15, -0.1) is 0 Å². The normalized spacial score (nSPS) is 14.8. The van der Waals surface area contributed by atoms with Gasteiger partial charge < -0.3 is 4.90 Å². The number of amides is 1. The number of fused-ring (bicyclic) bond motifs is 1. The summed E-state index contributed by atoms with van der Waals surface area (Å²) in [5.74, 6) is -0.512. The Balaban J connectivity index is 1.72. The number of nitrogens with zero attached hydrogens (tertiary/aromatic N) is 2. The summed E-state index contributed by atoms with van der Waals surface area (Å²) in [6.45, 7) is 0.426. The number of halogens is 2. The zero-order valence-electron chi connectivity index (χ0n) is 13.7. The van der Waals surface area contributed by atoms with Gasteiger partial charge in [-0.2, -0.15) is 0 Å². The lowest BCUT2D eigenvalue weighted by atomic mass is 10.1. The van der Waals surface area contributed by atoms with Crippen LogP contribution in [-0.4, -0.2) is 11.6 Å². The smallest absolute Gasteiger partial charge is 0.277 e. The summed E-state index contributed by atoms with van der Waals surface area (Å²) in [4.78, 5) is 19.2. The molecule has 1 aliphatic heterocycles. The molecular weight excluding hydrogens is 351 g/mol. The number of hydrogen-bond donors (Lipinski definition) is 0. The fraction of sp³-hybridized carbons (Fsp3) is 0.0476. The van der Waals surface area contributed by atoms with E-state index >= 15 is 0 Å². The molecule has 26 heavy (non-hydrogen) atoms. The molecule has 5 heteroatoms. The van der Waals surface area contributed by atoms with Crippen LogP contribution in [0.2, 0.25) is 5.02 Å². The zero-order valence-corrected chi connectivity index (χ0v) is 14.4. The monoisotopic (exact) mass is 364 g/mol. The molecule has 0 atom stereocenters. The van der Waals surface area contributed by atoms with E-state index in [0.29, 0.717) is 23.0 Å². The van der Waals surface area contributed by atoms with Crippen molar-refractivity contribution >= 4 is 34.6 Å². The van der Waals surface area contributed by atoms with Crippen LogP contribution in [0.25, 0.3) is 0 Å². The molecule has 1 amide bonds. The third-order valence-electron chi connectivity index (χ3n) is 4.22. The molecule has 0 bridgehead atoms. The first-order chi connectivity index (χ1) is 12.6. The van der Waals surface area contributed by atoms with E-state index in [2.05, 4.69) is 4.99 Å². The van der Waals surface area contributed by atoms with Crippen molar-refractivity contribution in [3.63, 3.8) is 0 Å². The Kier molecular flexibility index (Phi) is 4.27. The van der Waals surface area contributed by atoms with Gasteiger partial charge in [-0.05, 0) is 48.0 Å². The van der Waals surface area contributed by atoms with E-state index in [-0.39, 0.29) is 11.7 Å². The molecule has 0 N–H and O–H groups in total. The second-order valence-corrected chi connectivity index (χ2v) is 6.41. The van der Waals surface area contributed by atoms with Gasteiger partial charge in [0.25, 0.3) is 5.91 Å². The minimum absolute atomic E-state index is 0.175. The quantitative estimate of drug-likeness (QED) is 0.632. The van der Waals surface area contributed by atoms with Crippen LogP contribution in [0.4, 0.5) is 15.8 Å². The summed E-state index contributed by atoms with van der Waals surface area (Å²) in [6, 6.07) is 20.7. The highest BCUT2D eigenvalue weighted by Gasteiger charge is 2.33. The van der Waals surface area contributed by atoms with Gasteiger partial charge in [0.1, 0.15) is 11.5 Å². The highest BCUT2D eigenvalue weighted by molar-refractivity contribution is 6.54. The topological polar surface area (TPSA) is 32.7 Å². The highest BCUT2D eigenvalue weighted by atomic mass is 35.5. The molecule has 3 aromatic carbocycles. The maximum Gasteiger partial charge on any atom is 0.277 e. The molecule has 0 saturated carbocycles. The number of carbonyl (C=O) groups excluding carboxylic acids is 1. The van der Waals surface area contributed by atoms with E-state index in [0.717, 1.165) is 16.8 Å². The molecule has 1 aliphatic rings. The first-order valence-corrected chi connectivity index (χ1v) is 8.49. The van der Waals surface area contributed by atoms with Crippen LogP contribution in [0, 0.1) is 5.82 Å². The Labute approximate surface area is 155 Å². The fourth-order valence-electron chi connectivity index (χ4n) is 2.94. The predicted molar refractivity (Wildman–Crippen MR) is 102 cm³/mol. The second kappa shape index (κ2) is 6.73. The summed E-state index contributed by atoms with van der Waals surface area (Å²) in [7, 11) is 0. The number of anilines is 1. The van der Waals surface area contributed by atoms with Crippen LogP contribution >= 0.6 is 11.6 Å². The van der Waals surface area contributed by atoms with Crippen molar-refractivity contribution < 1.29 is 9.18 Å². The van der Waals surface area contributed by atoms with Crippen LogP contribution in [0.3, 0.4) is 0 Å². The van der Waals surface area contributed by atoms with Gasteiger partial charge in [0, 0.05) is 10.6 Å². The van der Waals surface area contributed by atoms with Crippen LogP contribution in [0.5, 0.6) is 0 Å². The van der Waals surface area contributed by atoms with Gasteiger partial charge >= 0.3 is 0 Å². The predicted octanol–water partition coefficient (Wildman–Crippen LogP) is 5.15. The molecule has 3 aromatic rings. The summed E-state index contributed by atoms with van der Waals surface area (Å²) >= 11 is 5.94. The number of para-hydroxylation sites is 1. The molecule has 0 saturated heterocycles. The molecule has 0 fully saturated rings. The Morgan fingerprint density at radius 3 is 2.35 bits per heavy atom. The summed E-state index contributed by atoms with van der Waals surface area (Å²) < 4.78 is 13.1. The molecule has 4 rings (SSSR count). The van der Waals surface area contributed by atoms with E-state index in [9.17, 15) is 9.18 Å². The number of carbonyl (C=O) groups is 1. The van der Waals surface area contributed by atoms with Gasteiger partial charge in [-0.25, -0.2) is 9.38 Å². The minimum atomic E-state index is -0.337. The van der Waals surface area contributed by atoms with Gasteiger partial charge in [0.05, 0.1) is 17.9 Å². The van der Waals surface area contributed by atoms with E-state index in [1.165, 1.54) is 12.1 Å².